The fraction of sp³-hybridized carbons (Fsp3) is 0.900. The van der Waals surface area contributed by atoms with E-state index in [4.69, 9.17) is 0 Å². The Kier molecular flexibility index (Phi) is 3.57. The summed E-state index contributed by atoms with van der Waals surface area (Å²) in [5.41, 5.74) is 0. The van der Waals surface area contributed by atoms with Crippen LogP contribution in [0.25, 0.3) is 0 Å². The van der Waals surface area contributed by atoms with E-state index in [0.29, 0.717) is 5.92 Å². The van der Waals surface area contributed by atoms with E-state index in [1.54, 1.807) is 0 Å². The lowest BCUT2D eigenvalue weighted by atomic mass is 9.90. The molecule has 1 fully saturated rings. The molecular weight excluding hydrogens is 150 g/mol. The average molecular weight is 169 g/mol. The maximum absolute atomic E-state index is 11.2. The third kappa shape index (κ3) is 2.23. The molecule has 0 aromatic heterocycles. The van der Waals surface area contributed by atoms with Gasteiger partial charge >= 0.3 is 0 Å². The van der Waals surface area contributed by atoms with Gasteiger partial charge in [-0.1, -0.05) is 26.7 Å². The Labute approximate surface area is 74.7 Å². The van der Waals surface area contributed by atoms with E-state index < -0.39 is 0 Å². The number of carbonyl (C=O) groups excluding carboxylic acids is 1. The predicted molar refractivity (Wildman–Crippen MR) is 49.8 cm³/mol. The second kappa shape index (κ2) is 4.48. The predicted octanol–water partition coefficient (Wildman–Crippen LogP) is 1.95. The van der Waals surface area contributed by atoms with Crippen molar-refractivity contribution in [1.82, 2.24) is 5.32 Å². The molecule has 0 aliphatic carbocycles. The molecule has 0 bridgehead atoms. The van der Waals surface area contributed by atoms with E-state index in [1.807, 2.05) is 0 Å². The van der Waals surface area contributed by atoms with Crippen molar-refractivity contribution in [1.29, 1.82) is 0 Å². The molecule has 12 heavy (non-hydrogen) atoms. The highest BCUT2D eigenvalue weighted by atomic mass is 16.2. The van der Waals surface area contributed by atoms with Gasteiger partial charge in [-0.25, -0.2) is 0 Å². The van der Waals surface area contributed by atoms with Gasteiger partial charge in [0.05, 0.1) is 0 Å². The lowest BCUT2D eigenvalue weighted by molar-refractivity contribution is -0.122. The molecule has 0 aromatic rings. The van der Waals surface area contributed by atoms with Gasteiger partial charge in [-0.05, 0) is 18.8 Å². The van der Waals surface area contributed by atoms with Crippen molar-refractivity contribution in [2.75, 3.05) is 6.54 Å². The zero-order chi connectivity index (χ0) is 8.97. The molecule has 0 radical (unpaired) electrons. The third-order valence-electron chi connectivity index (χ3n) is 2.94. The molecule has 0 saturated carbocycles. The number of nitrogens with one attached hydrogen (secondary N) is 1. The van der Waals surface area contributed by atoms with Crippen molar-refractivity contribution in [2.45, 2.75) is 39.5 Å². The monoisotopic (exact) mass is 169 g/mol. The number of carbonyl (C=O) groups is 1. The highest BCUT2D eigenvalue weighted by molar-refractivity contribution is 5.80. The molecule has 1 atom stereocenters. The summed E-state index contributed by atoms with van der Waals surface area (Å²) in [7, 11) is 0. The van der Waals surface area contributed by atoms with Gasteiger partial charge in [0.15, 0.2) is 0 Å². The quantitative estimate of drug-likeness (QED) is 0.684. The summed E-state index contributed by atoms with van der Waals surface area (Å²) in [6, 6.07) is 0. The summed E-state index contributed by atoms with van der Waals surface area (Å²) in [6.07, 6.45) is 4.56. The standard InChI is InChI=1S/C10H19NO/c1-3-8(4-2)7-9-5-6-11-10(9)12/h8-9H,3-7H2,1-2H3,(H,11,12). The lowest BCUT2D eigenvalue weighted by Crippen LogP contribution is -2.20. The molecule has 2 nitrogen and oxygen atoms in total. The van der Waals surface area contributed by atoms with E-state index in [2.05, 4.69) is 19.2 Å². The van der Waals surface area contributed by atoms with Crippen LogP contribution in [0.4, 0.5) is 0 Å². The molecule has 1 aliphatic rings. The second-order valence-corrected chi connectivity index (χ2v) is 3.69. The van der Waals surface area contributed by atoms with Crippen molar-refractivity contribution < 1.29 is 4.79 Å². The van der Waals surface area contributed by atoms with E-state index in [1.165, 1.54) is 12.8 Å². The van der Waals surface area contributed by atoms with Crippen LogP contribution in [0.2, 0.25) is 0 Å². The molecule has 70 valence electrons. The molecule has 1 heterocycles. The molecule has 1 amide bonds. The minimum absolute atomic E-state index is 0.280. The van der Waals surface area contributed by atoms with E-state index >= 15 is 0 Å². The summed E-state index contributed by atoms with van der Waals surface area (Å²) in [5, 5.41) is 2.88. The van der Waals surface area contributed by atoms with Crippen LogP contribution < -0.4 is 5.32 Å². The zero-order valence-electron chi connectivity index (χ0n) is 8.10. The SMILES string of the molecule is CCC(CC)CC1CCNC1=O. The van der Waals surface area contributed by atoms with Crippen molar-refractivity contribution >= 4 is 5.91 Å². The summed E-state index contributed by atoms with van der Waals surface area (Å²) >= 11 is 0. The van der Waals surface area contributed by atoms with Crippen LogP contribution in [0.1, 0.15) is 39.5 Å². The fourth-order valence-corrected chi connectivity index (χ4v) is 1.89. The highest BCUT2D eigenvalue weighted by Crippen LogP contribution is 2.23. The normalized spacial score (nSPS) is 23.2. The van der Waals surface area contributed by atoms with Crippen LogP contribution in [0.5, 0.6) is 0 Å². The van der Waals surface area contributed by atoms with Gasteiger partial charge in [-0.15, -0.1) is 0 Å². The maximum atomic E-state index is 11.2. The molecule has 0 spiro atoms. The average Bonchev–Trinajstić information content (AvgIpc) is 2.47. The molecular formula is C10H19NO. The number of hydrogen-bond donors (Lipinski definition) is 1. The Morgan fingerprint density at radius 1 is 1.50 bits per heavy atom. The van der Waals surface area contributed by atoms with Gasteiger partial charge in [0.25, 0.3) is 0 Å². The highest BCUT2D eigenvalue weighted by Gasteiger charge is 2.25. The third-order valence-corrected chi connectivity index (χ3v) is 2.94. The van der Waals surface area contributed by atoms with Gasteiger partial charge in [0, 0.05) is 12.5 Å². The molecule has 2 heteroatoms. The Balaban J connectivity index is 2.33. The Morgan fingerprint density at radius 3 is 2.58 bits per heavy atom. The minimum atomic E-state index is 0.280. The molecule has 1 saturated heterocycles. The van der Waals surface area contributed by atoms with Crippen LogP contribution in [-0.4, -0.2) is 12.5 Å². The van der Waals surface area contributed by atoms with Gasteiger partial charge in [-0.2, -0.15) is 0 Å². The van der Waals surface area contributed by atoms with Crippen molar-refractivity contribution in [3.8, 4) is 0 Å². The summed E-state index contributed by atoms with van der Waals surface area (Å²) < 4.78 is 0. The van der Waals surface area contributed by atoms with Crippen LogP contribution in [0.15, 0.2) is 0 Å². The first kappa shape index (κ1) is 9.56. The Morgan fingerprint density at radius 2 is 2.17 bits per heavy atom. The van der Waals surface area contributed by atoms with Gasteiger partial charge in [-0.3, -0.25) is 4.79 Å². The van der Waals surface area contributed by atoms with Crippen LogP contribution in [0, 0.1) is 11.8 Å². The van der Waals surface area contributed by atoms with E-state index in [9.17, 15) is 4.79 Å². The number of hydrogen-bond acceptors (Lipinski definition) is 1. The van der Waals surface area contributed by atoms with Crippen molar-refractivity contribution in [3.63, 3.8) is 0 Å². The first-order chi connectivity index (χ1) is 5.77. The van der Waals surface area contributed by atoms with Crippen molar-refractivity contribution in [2.24, 2.45) is 11.8 Å². The van der Waals surface area contributed by atoms with Crippen LogP contribution in [-0.2, 0) is 4.79 Å². The summed E-state index contributed by atoms with van der Waals surface area (Å²) in [4.78, 5) is 11.2. The maximum Gasteiger partial charge on any atom is 0.223 e. The molecule has 1 unspecified atom stereocenters. The summed E-state index contributed by atoms with van der Waals surface area (Å²) in [5.74, 6) is 1.34. The zero-order valence-corrected chi connectivity index (χ0v) is 8.10. The van der Waals surface area contributed by atoms with E-state index in [0.717, 1.165) is 25.3 Å². The smallest absolute Gasteiger partial charge is 0.223 e. The number of amides is 1. The van der Waals surface area contributed by atoms with Crippen LogP contribution in [0.3, 0.4) is 0 Å². The first-order valence-corrected chi connectivity index (χ1v) is 5.05. The molecule has 1 rings (SSSR count). The number of rotatable bonds is 4. The minimum Gasteiger partial charge on any atom is -0.356 e. The Bertz CT molecular complexity index is 152. The van der Waals surface area contributed by atoms with Gasteiger partial charge in [0.1, 0.15) is 0 Å². The lowest BCUT2D eigenvalue weighted by Gasteiger charge is -2.14. The largest absolute Gasteiger partial charge is 0.356 e. The summed E-state index contributed by atoms with van der Waals surface area (Å²) in [6.45, 7) is 5.31. The molecule has 1 aliphatic heterocycles. The van der Waals surface area contributed by atoms with Crippen molar-refractivity contribution in [3.05, 3.63) is 0 Å². The van der Waals surface area contributed by atoms with Crippen LogP contribution >= 0.6 is 0 Å². The Hall–Kier alpha value is -0.530. The molecule has 1 N–H and O–H groups in total. The first-order valence-electron chi connectivity index (χ1n) is 5.05. The van der Waals surface area contributed by atoms with Gasteiger partial charge < -0.3 is 5.32 Å². The fourth-order valence-electron chi connectivity index (χ4n) is 1.89. The second-order valence-electron chi connectivity index (χ2n) is 3.69. The van der Waals surface area contributed by atoms with E-state index in [-0.39, 0.29) is 5.91 Å². The van der Waals surface area contributed by atoms with Gasteiger partial charge in [0.2, 0.25) is 5.91 Å². The molecule has 0 aromatic carbocycles. The topological polar surface area (TPSA) is 29.1 Å².